The number of aryl methyl sites for hydroxylation is 1. The summed E-state index contributed by atoms with van der Waals surface area (Å²) in [5.74, 6) is 0.563. The highest BCUT2D eigenvalue weighted by atomic mass is 35.5. The number of rotatable bonds is 2. The molecule has 0 amide bonds. The van der Waals surface area contributed by atoms with Crippen molar-refractivity contribution < 1.29 is 4.74 Å². The summed E-state index contributed by atoms with van der Waals surface area (Å²) in [7, 11) is 0. The van der Waals surface area contributed by atoms with Crippen LogP contribution >= 0.6 is 11.6 Å². The Labute approximate surface area is 69.6 Å². The molecule has 0 aliphatic rings. The molecule has 11 heavy (non-hydrogen) atoms. The molecule has 1 aromatic heterocycles. The molecule has 0 saturated heterocycles. The van der Waals surface area contributed by atoms with Gasteiger partial charge in [-0.1, -0.05) is 0 Å². The highest BCUT2D eigenvalue weighted by molar-refractivity contribution is 6.28. The van der Waals surface area contributed by atoms with Crippen LogP contribution in [0.4, 0.5) is 0 Å². The molecule has 0 aromatic carbocycles. The Morgan fingerprint density at radius 3 is 2.64 bits per heavy atom. The van der Waals surface area contributed by atoms with Crippen LogP contribution in [0, 0.1) is 6.92 Å². The third kappa shape index (κ3) is 2.31. The number of aromatic nitrogens is 3. The summed E-state index contributed by atoms with van der Waals surface area (Å²) in [5, 5.41) is 0.168. The normalized spacial score (nSPS) is 9.73. The zero-order chi connectivity index (χ0) is 8.27. The van der Waals surface area contributed by atoms with Crippen molar-refractivity contribution in [2.24, 2.45) is 0 Å². The van der Waals surface area contributed by atoms with Gasteiger partial charge in [-0.15, -0.1) is 0 Å². The van der Waals surface area contributed by atoms with Gasteiger partial charge in [-0.3, -0.25) is 0 Å². The maximum atomic E-state index is 5.54. The van der Waals surface area contributed by atoms with Crippen molar-refractivity contribution in [3.63, 3.8) is 0 Å². The summed E-state index contributed by atoms with van der Waals surface area (Å²) in [6.07, 6.45) is 0. The first-order chi connectivity index (χ1) is 5.22. The standard InChI is InChI=1S/C6H8ClN3O/c1-3-11-6-9-4(2)8-5(7)10-6/h3H2,1-2H3. The smallest absolute Gasteiger partial charge is 0.320 e. The topological polar surface area (TPSA) is 47.9 Å². The number of ether oxygens (including phenoxy) is 1. The quantitative estimate of drug-likeness (QED) is 0.675. The van der Waals surface area contributed by atoms with E-state index in [1.54, 1.807) is 6.92 Å². The van der Waals surface area contributed by atoms with Crippen LogP contribution in [-0.2, 0) is 0 Å². The molecule has 60 valence electrons. The van der Waals surface area contributed by atoms with Crippen LogP contribution in [0.5, 0.6) is 6.01 Å². The van der Waals surface area contributed by atoms with Gasteiger partial charge in [0.05, 0.1) is 6.61 Å². The number of hydrogen-bond donors (Lipinski definition) is 0. The third-order valence-electron chi connectivity index (χ3n) is 0.973. The van der Waals surface area contributed by atoms with Crippen molar-refractivity contribution in [3.05, 3.63) is 11.1 Å². The van der Waals surface area contributed by atoms with Crippen molar-refractivity contribution in [3.8, 4) is 6.01 Å². The van der Waals surface area contributed by atoms with Crippen molar-refractivity contribution >= 4 is 11.6 Å². The maximum absolute atomic E-state index is 5.54. The molecule has 1 heterocycles. The van der Waals surface area contributed by atoms with E-state index in [-0.39, 0.29) is 11.3 Å². The first kappa shape index (κ1) is 8.20. The van der Waals surface area contributed by atoms with E-state index in [9.17, 15) is 0 Å². The second-order valence-electron chi connectivity index (χ2n) is 1.87. The molecule has 0 fully saturated rings. The first-order valence-electron chi connectivity index (χ1n) is 3.23. The van der Waals surface area contributed by atoms with Crippen LogP contribution in [0.2, 0.25) is 5.28 Å². The molecular formula is C6H8ClN3O. The molecule has 0 aliphatic carbocycles. The lowest BCUT2D eigenvalue weighted by Crippen LogP contribution is -2.00. The van der Waals surface area contributed by atoms with E-state index in [1.165, 1.54) is 0 Å². The molecule has 0 bridgehead atoms. The average Bonchev–Trinajstić information content (AvgIpc) is 1.85. The monoisotopic (exact) mass is 173 g/mol. The Balaban J connectivity index is 2.89. The lowest BCUT2D eigenvalue weighted by molar-refractivity contribution is 0.310. The second kappa shape index (κ2) is 3.48. The number of nitrogens with zero attached hydrogens (tertiary/aromatic N) is 3. The Morgan fingerprint density at radius 1 is 1.36 bits per heavy atom. The summed E-state index contributed by atoms with van der Waals surface area (Å²) in [6, 6.07) is 0.282. The predicted octanol–water partition coefficient (Wildman–Crippen LogP) is 1.23. The second-order valence-corrected chi connectivity index (χ2v) is 2.21. The van der Waals surface area contributed by atoms with Gasteiger partial charge in [0.15, 0.2) is 0 Å². The summed E-state index contributed by atoms with van der Waals surface area (Å²) in [5.41, 5.74) is 0. The molecule has 0 spiro atoms. The van der Waals surface area contributed by atoms with E-state index in [0.717, 1.165) is 0 Å². The van der Waals surface area contributed by atoms with Crippen molar-refractivity contribution in [1.82, 2.24) is 15.0 Å². The summed E-state index contributed by atoms with van der Waals surface area (Å²) in [4.78, 5) is 11.4. The fourth-order valence-electron chi connectivity index (χ4n) is 0.620. The van der Waals surface area contributed by atoms with Crippen molar-refractivity contribution in [2.45, 2.75) is 13.8 Å². The molecule has 0 aliphatic heterocycles. The van der Waals surface area contributed by atoms with Gasteiger partial charge < -0.3 is 4.74 Å². The lowest BCUT2D eigenvalue weighted by Gasteiger charge is -2.00. The van der Waals surface area contributed by atoms with E-state index in [1.807, 2.05) is 6.92 Å². The number of halogens is 1. The van der Waals surface area contributed by atoms with E-state index in [0.29, 0.717) is 12.4 Å². The van der Waals surface area contributed by atoms with Gasteiger partial charge in [0, 0.05) is 0 Å². The van der Waals surface area contributed by atoms with Crippen molar-refractivity contribution in [2.75, 3.05) is 6.61 Å². The van der Waals surface area contributed by atoms with E-state index in [2.05, 4.69) is 15.0 Å². The van der Waals surface area contributed by atoms with E-state index >= 15 is 0 Å². The van der Waals surface area contributed by atoms with Gasteiger partial charge in [-0.25, -0.2) is 4.98 Å². The Bertz CT molecular complexity index is 233. The molecule has 5 heteroatoms. The first-order valence-corrected chi connectivity index (χ1v) is 3.61. The molecule has 0 N–H and O–H groups in total. The van der Waals surface area contributed by atoms with Crippen molar-refractivity contribution in [1.29, 1.82) is 0 Å². The molecule has 0 unspecified atom stereocenters. The van der Waals surface area contributed by atoms with Gasteiger partial charge in [-0.05, 0) is 25.4 Å². The molecule has 0 saturated carbocycles. The average molecular weight is 174 g/mol. The third-order valence-corrected chi connectivity index (χ3v) is 1.14. The minimum Gasteiger partial charge on any atom is -0.464 e. The van der Waals surface area contributed by atoms with E-state index in [4.69, 9.17) is 16.3 Å². The van der Waals surface area contributed by atoms with Crippen LogP contribution in [0.3, 0.4) is 0 Å². The van der Waals surface area contributed by atoms with E-state index < -0.39 is 0 Å². The molecule has 0 atom stereocenters. The lowest BCUT2D eigenvalue weighted by atomic mass is 10.7. The molecule has 1 rings (SSSR count). The maximum Gasteiger partial charge on any atom is 0.320 e. The summed E-state index contributed by atoms with van der Waals surface area (Å²) >= 11 is 5.54. The fraction of sp³-hybridized carbons (Fsp3) is 0.500. The van der Waals surface area contributed by atoms with Crippen LogP contribution < -0.4 is 4.74 Å². The highest BCUT2D eigenvalue weighted by Crippen LogP contribution is 2.06. The predicted molar refractivity (Wildman–Crippen MR) is 40.7 cm³/mol. The van der Waals surface area contributed by atoms with Crippen LogP contribution in [0.15, 0.2) is 0 Å². The van der Waals surface area contributed by atoms with Crippen LogP contribution in [-0.4, -0.2) is 21.6 Å². The Hall–Kier alpha value is -0.900. The zero-order valence-corrected chi connectivity index (χ0v) is 7.09. The van der Waals surface area contributed by atoms with Crippen LogP contribution in [0.1, 0.15) is 12.7 Å². The molecule has 4 nitrogen and oxygen atoms in total. The Kier molecular flexibility index (Phi) is 2.59. The van der Waals surface area contributed by atoms with Gasteiger partial charge in [-0.2, -0.15) is 9.97 Å². The summed E-state index contributed by atoms with van der Waals surface area (Å²) in [6.45, 7) is 4.11. The minimum atomic E-state index is 0.168. The number of hydrogen-bond acceptors (Lipinski definition) is 4. The highest BCUT2D eigenvalue weighted by Gasteiger charge is 2.00. The van der Waals surface area contributed by atoms with Gasteiger partial charge >= 0.3 is 6.01 Å². The minimum absolute atomic E-state index is 0.168. The fourth-order valence-corrected chi connectivity index (χ4v) is 0.814. The van der Waals surface area contributed by atoms with Gasteiger partial charge in [0.25, 0.3) is 0 Å². The summed E-state index contributed by atoms with van der Waals surface area (Å²) < 4.78 is 5.02. The molecular weight excluding hydrogens is 166 g/mol. The van der Waals surface area contributed by atoms with Crippen LogP contribution in [0.25, 0.3) is 0 Å². The Morgan fingerprint density at radius 2 is 2.09 bits per heavy atom. The molecule has 1 aromatic rings. The zero-order valence-electron chi connectivity index (χ0n) is 6.33. The largest absolute Gasteiger partial charge is 0.464 e. The van der Waals surface area contributed by atoms with Gasteiger partial charge in [0.2, 0.25) is 5.28 Å². The molecule has 0 radical (unpaired) electrons. The van der Waals surface area contributed by atoms with Gasteiger partial charge in [0.1, 0.15) is 5.82 Å². The SMILES string of the molecule is CCOc1nc(C)nc(Cl)n1.